The number of carbonyl (C=O) groups is 1. The molecule has 0 saturated carbocycles. The van der Waals surface area contributed by atoms with Gasteiger partial charge in [0.2, 0.25) is 0 Å². The number of carboxylic acid groups (broad SMARTS) is 1. The maximum atomic E-state index is 11.3. The number of hydrogen-bond donors (Lipinski definition) is 2. The lowest BCUT2D eigenvalue weighted by Crippen LogP contribution is -2.26. The molecule has 122 valence electrons. The van der Waals surface area contributed by atoms with Crippen molar-refractivity contribution in [3.05, 3.63) is 45.7 Å². The first-order valence-electron chi connectivity index (χ1n) is 7.64. The van der Waals surface area contributed by atoms with Crippen molar-refractivity contribution in [3.8, 4) is 5.69 Å². The Morgan fingerprint density at radius 2 is 2.13 bits per heavy atom. The summed E-state index contributed by atoms with van der Waals surface area (Å²) in [6.07, 6.45) is 0.839. The van der Waals surface area contributed by atoms with E-state index in [2.05, 4.69) is 26.1 Å². The number of nitrogens with one attached hydrogen (secondary N) is 1. The van der Waals surface area contributed by atoms with Crippen LogP contribution in [0.15, 0.2) is 18.2 Å². The molecule has 0 unspecified atom stereocenters. The van der Waals surface area contributed by atoms with Crippen LogP contribution in [-0.4, -0.2) is 27.4 Å². The van der Waals surface area contributed by atoms with Crippen molar-refractivity contribution in [1.82, 2.24) is 15.1 Å². The van der Waals surface area contributed by atoms with Crippen LogP contribution in [0.3, 0.4) is 0 Å². The molecule has 3 rings (SSSR count). The second-order valence-electron chi connectivity index (χ2n) is 6.83. The zero-order valence-electron chi connectivity index (χ0n) is 13.5. The second kappa shape index (κ2) is 5.65. The molecule has 0 fully saturated rings. The van der Waals surface area contributed by atoms with Gasteiger partial charge in [0.05, 0.1) is 27.7 Å². The van der Waals surface area contributed by atoms with E-state index in [1.165, 1.54) is 11.6 Å². The average Bonchev–Trinajstić information content (AvgIpc) is 2.87. The Morgan fingerprint density at radius 3 is 2.78 bits per heavy atom. The molecule has 6 heteroatoms. The third-order valence-electron chi connectivity index (χ3n) is 4.06. The van der Waals surface area contributed by atoms with Gasteiger partial charge in [-0.1, -0.05) is 32.4 Å². The Labute approximate surface area is 140 Å². The van der Waals surface area contributed by atoms with Gasteiger partial charge in [-0.05, 0) is 18.2 Å². The molecule has 0 atom stereocenters. The number of aromatic carboxylic acids is 1. The molecule has 2 heterocycles. The van der Waals surface area contributed by atoms with Crippen molar-refractivity contribution in [2.75, 3.05) is 6.54 Å². The van der Waals surface area contributed by atoms with E-state index >= 15 is 0 Å². The third kappa shape index (κ3) is 2.86. The van der Waals surface area contributed by atoms with E-state index in [9.17, 15) is 9.90 Å². The fourth-order valence-corrected chi connectivity index (χ4v) is 3.16. The Morgan fingerprint density at radius 1 is 1.39 bits per heavy atom. The van der Waals surface area contributed by atoms with Crippen LogP contribution >= 0.6 is 11.6 Å². The highest BCUT2D eigenvalue weighted by Crippen LogP contribution is 2.32. The Balaban J connectivity index is 2.23. The molecular formula is C17H20ClN3O2. The van der Waals surface area contributed by atoms with Crippen molar-refractivity contribution >= 4 is 17.6 Å². The molecule has 2 N–H and O–H groups in total. The standard InChI is InChI=1S/C17H20ClN3O2/c1-17(2,3)15-11-9-19-7-6-13(11)21(20-15)14-8-10(16(22)23)4-5-12(14)18/h4-5,8,19H,6-7,9H2,1-3H3,(H,22,23). The molecule has 0 amide bonds. The lowest BCUT2D eigenvalue weighted by atomic mass is 9.88. The summed E-state index contributed by atoms with van der Waals surface area (Å²) in [5, 5.41) is 17.9. The van der Waals surface area contributed by atoms with Gasteiger partial charge in [0.1, 0.15) is 0 Å². The SMILES string of the molecule is CC(C)(C)c1nn(-c2cc(C(=O)O)ccc2Cl)c2c1CNCC2. The zero-order valence-corrected chi connectivity index (χ0v) is 14.2. The fourth-order valence-electron chi connectivity index (χ4n) is 2.96. The van der Waals surface area contributed by atoms with E-state index in [1.807, 2.05) is 4.68 Å². The number of benzene rings is 1. The van der Waals surface area contributed by atoms with Gasteiger partial charge in [-0.2, -0.15) is 5.10 Å². The molecule has 0 radical (unpaired) electrons. The van der Waals surface area contributed by atoms with Gasteiger partial charge in [-0.25, -0.2) is 9.48 Å². The Hall–Kier alpha value is -1.85. The first-order valence-corrected chi connectivity index (χ1v) is 8.02. The minimum absolute atomic E-state index is 0.0920. The van der Waals surface area contributed by atoms with Crippen molar-refractivity contribution in [1.29, 1.82) is 0 Å². The highest BCUT2D eigenvalue weighted by molar-refractivity contribution is 6.32. The number of nitrogens with zero attached hydrogens (tertiary/aromatic N) is 2. The highest BCUT2D eigenvalue weighted by atomic mass is 35.5. The quantitative estimate of drug-likeness (QED) is 0.885. The lowest BCUT2D eigenvalue weighted by molar-refractivity contribution is 0.0697. The maximum absolute atomic E-state index is 11.3. The minimum Gasteiger partial charge on any atom is -0.478 e. The first kappa shape index (κ1) is 16.0. The summed E-state index contributed by atoms with van der Waals surface area (Å²) in [6, 6.07) is 4.72. The van der Waals surface area contributed by atoms with Crippen molar-refractivity contribution < 1.29 is 9.90 Å². The van der Waals surface area contributed by atoms with Gasteiger partial charge in [0.15, 0.2) is 0 Å². The minimum atomic E-state index is -0.971. The number of halogens is 1. The van der Waals surface area contributed by atoms with Gasteiger partial charge in [0.25, 0.3) is 0 Å². The topological polar surface area (TPSA) is 67.2 Å². The molecular weight excluding hydrogens is 314 g/mol. The van der Waals surface area contributed by atoms with Gasteiger partial charge >= 0.3 is 5.97 Å². The average molecular weight is 334 g/mol. The van der Waals surface area contributed by atoms with E-state index < -0.39 is 5.97 Å². The predicted molar refractivity (Wildman–Crippen MR) is 89.6 cm³/mol. The summed E-state index contributed by atoms with van der Waals surface area (Å²) < 4.78 is 1.82. The van der Waals surface area contributed by atoms with Crippen LogP contribution in [0.25, 0.3) is 5.69 Å². The van der Waals surface area contributed by atoms with Crippen LogP contribution in [0.4, 0.5) is 0 Å². The van der Waals surface area contributed by atoms with Crippen LogP contribution in [-0.2, 0) is 18.4 Å². The molecule has 1 aliphatic rings. The van der Waals surface area contributed by atoms with Crippen LogP contribution < -0.4 is 5.32 Å². The third-order valence-corrected chi connectivity index (χ3v) is 4.38. The van der Waals surface area contributed by atoms with Gasteiger partial charge in [0, 0.05) is 30.5 Å². The monoisotopic (exact) mass is 333 g/mol. The molecule has 1 aliphatic heterocycles. The number of hydrogen-bond acceptors (Lipinski definition) is 3. The second-order valence-corrected chi connectivity index (χ2v) is 7.24. The fraction of sp³-hybridized carbons (Fsp3) is 0.412. The Kier molecular flexibility index (Phi) is 3.94. The van der Waals surface area contributed by atoms with E-state index in [0.29, 0.717) is 10.7 Å². The van der Waals surface area contributed by atoms with Gasteiger partial charge < -0.3 is 10.4 Å². The molecule has 0 spiro atoms. The largest absolute Gasteiger partial charge is 0.478 e. The van der Waals surface area contributed by atoms with Crippen LogP contribution in [0.1, 0.15) is 48.1 Å². The highest BCUT2D eigenvalue weighted by Gasteiger charge is 2.29. The molecule has 0 aliphatic carbocycles. The van der Waals surface area contributed by atoms with E-state index in [4.69, 9.17) is 16.7 Å². The van der Waals surface area contributed by atoms with Crippen LogP contribution in [0.5, 0.6) is 0 Å². The van der Waals surface area contributed by atoms with Crippen molar-refractivity contribution in [2.24, 2.45) is 0 Å². The smallest absolute Gasteiger partial charge is 0.335 e. The van der Waals surface area contributed by atoms with E-state index in [-0.39, 0.29) is 11.0 Å². The molecule has 0 saturated heterocycles. The molecule has 23 heavy (non-hydrogen) atoms. The predicted octanol–water partition coefficient (Wildman–Crippen LogP) is 3.17. The molecule has 5 nitrogen and oxygen atoms in total. The van der Waals surface area contributed by atoms with Crippen LogP contribution in [0, 0.1) is 0 Å². The molecule has 1 aromatic carbocycles. The maximum Gasteiger partial charge on any atom is 0.335 e. The van der Waals surface area contributed by atoms with E-state index in [0.717, 1.165) is 30.9 Å². The van der Waals surface area contributed by atoms with Gasteiger partial charge in [-0.3, -0.25) is 0 Å². The summed E-state index contributed by atoms with van der Waals surface area (Å²) in [7, 11) is 0. The van der Waals surface area contributed by atoms with E-state index in [1.54, 1.807) is 12.1 Å². The Bertz CT molecular complexity index is 775. The number of aromatic nitrogens is 2. The molecule has 1 aromatic heterocycles. The summed E-state index contributed by atoms with van der Waals surface area (Å²) in [5.41, 5.74) is 4.07. The number of fused-ring (bicyclic) bond motifs is 1. The summed E-state index contributed by atoms with van der Waals surface area (Å²) in [6.45, 7) is 8.04. The van der Waals surface area contributed by atoms with Crippen molar-refractivity contribution in [3.63, 3.8) is 0 Å². The number of rotatable bonds is 2. The molecule has 0 bridgehead atoms. The van der Waals surface area contributed by atoms with Gasteiger partial charge in [-0.15, -0.1) is 0 Å². The summed E-state index contributed by atoms with van der Waals surface area (Å²) in [4.78, 5) is 11.3. The lowest BCUT2D eigenvalue weighted by Gasteiger charge is -2.20. The van der Waals surface area contributed by atoms with Crippen molar-refractivity contribution in [2.45, 2.75) is 39.2 Å². The summed E-state index contributed by atoms with van der Waals surface area (Å²) >= 11 is 6.33. The normalized spacial score (nSPS) is 14.6. The van der Waals surface area contributed by atoms with Crippen LogP contribution in [0.2, 0.25) is 5.02 Å². The number of carboxylic acids is 1. The summed E-state index contributed by atoms with van der Waals surface area (Å²) in [5.74, 6) is -0.971. The first-order chi connectivity index (χ1) is 10.8. The molecule has 2 aromatic rings. The zero-order chi connectivity index (χ0) is 16.8.